The molecule has 2 heterocycles. The molecular weight excluding hydrogens is 535 g/mol. The van der Waals surface area contributed by atoms with Crippen molar-refractivity contribution in [2.24, 2.45) is 0 Å². The number of fused-ring (bicyclic) bond motifs is 1. The molecule has 0 spiro atoms. The molecule has 0 saturated heterocycles. The minimum absolute atomic E-state index is 0.0899. The molecule has 1 amide bonds. The van der Waals surface area contributed by atoms with Crippen molar-refractivity contribution in [1.82, 2.24) is 19.8 Å². The van der Waals surface area contributed by atoms with Crippen molar-refractivity contribution in [2.45, 2.75) is 42.8 Å². The molecule has 0 fully saturated rings. The van der Waals surface area contributed by atoms with E-state index in [1.54, 1.807) is 0 Å². The SMILES string of the molecule is CNC(=O)[C@@H](c1ccccc1)N1CCn2c(SC)nc(Cl)c2[C@@H]1CCc1ccc(C(F)(F)F)c(F)c1F. The lowest BCUT2D eigenvalue weighted by molar-refractivity contribution is -0.140. The number of carbonyl (C=O) groups excluding carboxylic acids is 1. The monoisotopic (exact) mass is 558 g/mol. The Balaban J connectivity index is 1.75. The van der Waals surface area contributed by atoms with Crippen molar-refractivity contribution >= 4 is 29.3 Å². The lowest BCUT2D eigenvalue weighted by Crippen LogP contribution is -2.46. The van der Waals surface area contributed by atoms with Crippen molar-refractivity contribution in [3.8, 4) is 0 Å². The first kappa shape index (κ1) is 27.4. The number of amides is 1. The molecule has 37 heavy (non-hydrogen) atoms. The van der Waals surface area contributed by atoms with Gasteiger partial charge in [0.05, 0.1) is 17.3 Å². The second-order valence-corrected chi connectivity index (χ2v) is 9.68. The number of aromatic nitrogens is 2. The molecule has 2 atom stereocenters. The molecule has 1 aromatic heterocycles. The van der Waals surface area contributed by atoms with Gasteiger partial charge in [0.2, 0.25) is 5.91 Å². The molecule has 1 N–H and O–H groups in total. The standard InChI is InChI=1S/C25H24ClF5N4OS/c1-32-23(36)20(15-6-4-3-5-7-15)34-12-13-35-21(22(26)33-24(35)37-2)17(34)11-9-14-8-10-16(25(29,30)31)19(28)18(14)27/h3-8,10,17,20H,9,11-13H2,1-2H3,(H,32,36)/t17-,20+/m0/s1. The van der Waals surface area contributed by atoms with E-state index in [0.29, 0.717) is 30.0 Å². The van der Waals surface area contributed by atoms with Crippen LogP contribution in [0.5, 0.6) is 0 Å². The van der Waals surface area contributed by atoms with Crippen molar-refractivity contribution < 1.29 is 26.7 Å². The predicted octanol–water partition coefficient (Wildman–Crippen LogP) is 6.03. The molecule has 0 radical (unpaired) electrons. The van der Waals surface area contributed by atoms with Gasteiger partial charge in [0.1, 0.15) is 6.04 Å². The van der Waals surface area contributed by atoms with Gasteiger partial charge in [-0.15, -0.1) is 0 Å². The number of benzene rings is 2. The first-order valence-corrected chi connectivity index (χ1v) is 13.0. The molecule has 1 aliphatic heterocycles. The largest absolute Gasteiger partial charge is 0.419 e. The number of hydrogen-bond acceptors (Lipinski definition) is 4. The average molecular weight is 559 g/mol. The van der Waals surface area contributed by atoms with Crippen LogP contribution in [0.15, 0.2) is 47.6 Å². The highest BCUT2D eigenvalue weighted by Crippen LogP contribution is 2.42. The van der Waals surface area contributed by atoms with Crippen LogP contribution in [0.3, 0.4) is 0 Å². The molecule has 198 valence electrons. The van der Waals surface area contributed by atoms with E-state index < -0.39 is 35.5 Å². The van der Waals surface area contributed by atoms with E-state index in [0.717, 1.165) is 11.6 Å². The minimum Gasteiger partial charge on any atom is -0.358 e. The van der Waals surface area contributed by atoms with Crippen LogP contribution < -0.4 is 5.32 Å². The summed E-state index contributed by atoms with van der Waals surface area (Å²) in [6.07, 6.45) is -3.09. The molecular formula is C25H24ClF5N4OS. The summed E-state index contributed by atoms with van der Waals surface area (Å²) < 4.78 is 69.9. The van der Waals surface area contributed by atoms with Gasteiger partial charge in [0.25, 0.3) is 0 Å². The number of thioether (sulfide) groups is 1. The van der Waals surface area contributed by atoms with Crippen LogP contribution in [-0.4, -0.2) is 40.2 Å². The van der Waals surface area contributed by atoms with Crippen LogP contribution in [0.1, 0.15) is 40.9 Å². The Morgan fingerprint density at radius 2 is 1.86 bits per heavy atom. The zero-order valence-corrected chi connectivity index (χ0v) is 21.5. The highest BCUT2D eigenvalue weighted by molar-refractivity contribution is 7.98. The number of aryl methyl sites for hydroxylation is 1. The molecule has 4 rings (SSSR count). The minimum atomic E-state index is -5.01. The van der Waals surface area contributed by atoms with Gasteiger partial charge in [-0.1, -0.05) is 59.8 Å². The highest BCUT2D eigenvalue weighted by atomic mass is 35.5. The lowest BCUT2D eigenvalue weighted by atomic mass is 9.95. The van der Waals surface area contributed by atoms with Gasteiger partial charge in [0.15, 0.2) is 21.9 Å². The summed E-state index contributed by atoms with van der Waals surface area (Å²) in [4.78, 5) is 19.4. The molecule has 1 aliphatic rings. The summed E-state index contributed by atoms with van der Waals surface area (Å²) >= 11 is 7.94. The quantitative estimate of drug-likeness (QED) is 0.284. The number of nitrogens with zero attached hydrogens (tertiary/aromatic N) is 3. The Kier molecular flexibility index (Phi) is 8.15. The Bertz CT molecular complexity index is 1280. The van der Waals surface area contributed by atoms with Crippen LogP contribution in [0.4, 0.5) is 22.0 Å². The molecule has 0 unspecified atom stereocenters. The fraction of sp³-hybridized carbons (Fsp3) is 0.360. The van der Waals surface area contributed by atoms with Gasteiger partial charge in [-0.2, -0.15) is 13.2 Å². The molecule has 0 saturated carbocycles. The molecule has 2 aromatic carbocycles. The van der Waals surface area contributed by atoms with E-state index in [2.05, 4.69) is 10.3 Å². The van der Waals surface area contributed by atoms with E-state index in [-0.39, 0.29) is 29.5 Å². The van der Waals surface area contributed by atoms with Crippen molar-refractivity contribution in [3.05, 3.63) is 81.6 Å². The third-order valence-corrected chi connectivity index (χ3v) is 7.46. The molecule has 3 aromatic rings. The van der Waals surface area contributed by atoms with Crippen LogP contribution in [-0.2, 0) is 23.9 Å². The number of halogens is 6. The normalized spacial score (nSPS) is 16.9. The lowest BCUT2D eigenvalue weighted by Gasteiger charge is -2.41. The molecule has 5 nitrogen and oxygen atoms in total. The van der Waals surface area contributed by atoms with Crippen LogP contribution >= 0.6 is 23.4 Å². The fourth-order valence-electron chi connectivity index (χ4n) is 4.80. The van der Waals surface area contributed by atoms with Crippen molar-refractivity contribution in [2.75, 3.05) is 19.8 Å². The van der Waals surface area contributed by atoms with Gasteiger partial charge in [-0.3, -0.25) is 9.69 Å². The number of likely N-dealkylation sites (N-methyl/N-ethyl adjacent to an activating group) is 1. The van der Waals surface area contributed by atoms with Crippen LogP contribution in [0, 0.1) is 11.6 Å². The Morgan fingerprint density at radius 3 is 2.49 bits per heavy atom. The first-order chi connectivity index (χ1) is 17.6. The average Bonchev–Trinajstić information content (AvgIpc) is 3.21. The fourth-order valence-corrected chi connectivity index (χ4v) is 5.76. The molecule has 12 heteroatoms. The van der Waals surface area contributed by atoms with Gasteiger partial charge in [0, 0.05) is 20.1 Å². The second kappa shape index (κ2) is 11.0. The van der Waals surface area contributed by atoms with E-state index in [9.17, 15) is 26.7 Å². The zero-order valence-electron chi connectivity index (χ0n) is 20.0. The van der Waals surface area contributed by atoms with E-state index >= 15 is 0 Å². The Morgan fingerprint density at radius 1 is 1.16 bits per heavy atom. The maximum Gasteiger partial charge on any atom is 0.419 e. The maximum absolute atomic E-state index is 14.7. The molecule has 0 bridgehead atoms. The molecule has 0 aliphatic carbocycles. The predicted molar refractivity (Wildman–Crippen MR) is 131 cm³/mol. The number of alkyl halides is 3. The number of rotatable bonds is 7. The third kappa shape index (κ3) is 5.35. The second-order valence-electron chi connectivity index (χ2n) is 8.54. The third-order valence-electron chi connectivity index (χ3n) is 6.50. The smallest absolute Gasteiger partial charge is 0.358 e. The summed E-state index contributed by atoms with van der Waals surface area (Å²) in [6, 6.07) is 9.33. The number of carbonyl (C=O) groups is 1. The van der Waals surface area contributed by atoms with E-state index in [4.69, 9.17) is 11.6 Å². The number of imidazole rings is 1. The maximum atomic E-state index is 14.7. The zero-order chi connectivity index (χ0) is 26.9. The summed E-state index contributed by atoms with van der Waals surface area (Å²) in [5, 5.41) is 3.59. The van der Waals surface area contributed by atoms with Crippen molar-refractivity contribution in [1.29, 1.82) is 0 Å². The van der Waals surface area contributed by atoms with E-state index in [1.165, 1.54) is 18.8 Å². The Hall–Kier alpha value is -2.63. The van der Waals surface area contributed by atoms with Gasteiger partial charge in [-0.05, 0) is 36.3 Å². The summed E-state index contributed by atoms with van der Waals surface area (Å²) in [5.74, 6) is -3.73. The number of nitrogens with one attached hydrogen (secondary N) is 1. The Labute approximate surface area is 220 Å². The topological polar surface area (TPSA) is 50.2 Å². The number of hydrogen-bond donors (Lipinski definition) is 1. The van der Waals surface area contributed by atoms with Crippen LogP contribution in [0.25, 0.3) is 0 Å². The van der Waals surface area contributed by atoms with Crippen LogP contribution in [0.2, 0.25) is 5.15 Å². The summed E-state index contributed by atoms with van der Waals surface area (Å²) in [6.45, 7) is 0.917. The summed E-state index contributed by atoms with van der Waals surface area (Å²) in [7, 11) is 1.53. The van der Waals surface area contributed by atoms with E-state index in [1.807, 2.05) is 46.1 Å². The van der Waals surface area contributed by atoms with Gasteiger partial charge in [-0.25, -0.2) is 13.8 Å². The van der Waals surface area contributed by atoms with Gasteiger partial charge >= 0.3 is 6.18 Å². The summed E-state index contributed by atoms with van der Waals surface area (Å²) in [5.41, 5.74) is -0.496. The highest BCUT2D eigenvalue weighted by Gasteiger charge is 2.40. The first-order valence-electron chi connectivity index (χ1n) is 11.4. The van der Waals surface area contributed by atoms with Gasteiger partial charge < -0.3 is 9.88 Å². The van der Waals surface area contributed by atoms with Crippen molar-refractivity contribution in [3.63, 3.8) is 0 Å².